The third-order valence-corrected chi connectivity index (χ3v) is 6.46. The fourth-order valence-corrected chi connectivity index (χ4v) is 4.68. The van der Waals surface area contributed by atoms with Crippen LogP contribution in [0, 0.1) is 18.3 Å². The van der Waals surface area contributed by atoms with Crippen molar-refractivity contribution in [3.63, 3.8) is 0 Å². The zero-order valence-electron chi connectivity index (χ0n) is 21.1. The van der Waals surface area contributed by atoms with Crippen LogP contribution in [0.15, 0.2) is 36.8 Å². The molecule has 1 atom stereocenters. The third kappa shape index (κ3) is 5.05. The summed E-state index contributed by atoms with van der Waals surface area (Å²) in [7, 11) is 4.09. The van der Waals surface area contributed by atoms with E-state index in [1.54, 1.807) is 12.3 Å². The van der Waals surface area contributed by atoms with Crippen LogP contribution in [0.4, 0.5) is 0 Å². The SMILES string of the molecule is CCOc1cc([C@H](C)N2CCc3c(CN(C)C)cc(Cn4ccnc4C)cc3C2=O)ncc1C#N. The van der Waals surface area contributed by atoms with Crippen molar-refractivity contribution in [3.8, 4) is 11.8 Å². The first kappa shape index (κ1) is 24.4. The molecule has 0 saturated carbocycles. The van der Waals surface area contributed by atoms with Crippen molar-refractivity contribution < 1.29 is 9.53 Å². The van der Waals surface area contributed by atoms with Gasteiger partial charge in [-0.2, -0.15) is 5.26 Å². The molecule has 1 amide bonds. The fourth-order valence-electron chi connectivity index (χ4n) is 4.68. The van der Waals surface area contributed by atoms with Gasteiger partial charge < -0.3 is 19.1 Å². The molecule has 0 bridgehead atoms. The molecular weight excluding hydrogens is 440 g/mol. The minimum atomic E-state index is -0.251. The van der Waals surface area contributed by atoms with Crippen LogP contribution in [0.25, 0.3) is 0 Å². The van der Waals surface area contributed by atoms with Gasteiger partial charge in [0.2, 0.25) is 0 Å². The van der Waals surface area contributed by atoms with Crippen LogP contribution in [-0.2, 0) is 19.5 Å². The van der Waals surface area contributed by atoms with Crippen molar-refractivity contribution in [2.75, 3.05) is 27.2 Å². The summed E-state index contributed by atoms with van der Waals surface area (Å²) in [6.45, 7) is 8.34. The summed E-state index contributed by atoms with van der Waals surface area (Å²) in [6, 6.07) is 7.91. The highest BCUT2D eigenvalue weighted by Crippen LogP contribution is 2.32. The van der Waals surface area contributed by atoms with E-state index in [0.717, 1.165) is 35.5 Å². The van der Waals surface area contributed by atoms with E-state index >= 15 is 0 Å². The lowest BCUT2D eigenvalue weighted by Gasteiger charge is -2.35. The number of nitrogens with zero attached hydrogens (tertiary/aromatic N) is 6. The molecule has 0 fully saturated rings. The summed E-state index contributed by atoms with van der Waals surface area (Å²) in [5.74, 6) is 1.45. The number of carbonyl (C=O) groups is 1. The number of hydrogen-bond acceptors (Lipinski definition) is 6. The number of nitriles is 1. The minimum Gasteiger partial charge on any atom is -0.492 e. The monoisotopic (exact) mass is 472 g/mol. The Labute approximate surface area is 206 Å². The van der Waals surface area contributed by atoms with Crippen molar-refractivity contribution in [2.24, 2.45) is 0 Å². The zero-order chi connectivity index (χ0) is 25.1. The second-order valence-corrected chi connectivity index (χ2v) is 9.20. The topological polar surface area (TPSA) is 87.3 Å². The number of fused-ring (bicyclic) bond motifs is 1. The molecule has 8 nitrogen and oxygen atoms in total. The lowest BCUT2D eigenvalue weighted by atomic mass is 9.90. The Morgan fingerprint density at radius 1 is 1.26 bits per heavy atom. The van der Waals surface area contributed by atoms with E-state index in [1.807, 2.05) is 52.0 Å². The molecule has 2 aromatic heterocycles. The van der Waals surface area contributed by atoms with Crippen LogP contribution >= 0.6 is 0 Å². The lowest BCUT2D eigenvalue weighted by Crippen LogP contribution is -2.40. The summed E-state index contributed by atoms with van der Waals surface area (Å²) in [6.07, 6.45) is 6.07. The van der Waals surface area contributed by atoms with Crippen molar-refractivity contribution >= 4 is 5.91 Å². The molecule has 1 aliphatic heterocycles. The fraction of sp³-hybridized carbons (Fsp3) is 0.407. The molecular formula is C27H32N6O2. The third-order valence-electron chi connectivity index (χ3n) is 6.46. The van der Waals surface area contributed by atoms with Gasteiger partial charge in [0.05, 0.1) is 18.3 Å². The van der Waals surface area contributed by atoms with Crippen molar-refractivity contribution in [2.45, 2.75) is 46.3 Å². The van der Waals surface area contributed by atoms with Crippen LogP contribution in [-0.4, -0.2) is 57.5 Å². The van der Waals surface area contributed by atoms with Gasteiger partial charge in [-0.25, -0.2) is 4.98 Å². The van der Waals surface area contributed by atoms with E-state index in [4.69, 9.17) is 4.74 Å². The predicted molar refractivity (Wildman–Crippen MR) is 133 cm³/mol. The molecule has 0 N–H and O–H groups in total. The number of rotatable bonds is 8. The summed E-state index contributed by atoms with van der Waals surface area (Å²) >= 11 is 0. The van der Waals surface area contributed by atoms with Crippen LogP contribution < -0.4 is 4.74 Å². The Balaban J connectivity index is 1.69. The normalized spacial score (nSPS) is 14.1. The first-order chi connectivity index (χ1) is 16.8. The molecule has 0 spiro atoms. The Morgan fingerprint density at radius 2 is 2.06 bits per heavy atom. The van der Waals surface area contributed by atoms with Crippen molar-refractivity contribution in [1.29, 1.82) is 5.26 Å². The molecule has 8 heteroatoms. The number of carbonyl (C=O) groups excluding carboxylic acids is 1. The quantitative estimate of drug-likeness (QED) is 0.497. The Kier molecular flexibility index (Phi) is 7.17. The van der Waals surface area contributed by atoms with Crippen LogP contribution in [0.2, 0.25) is 0 Å². The Bertz CT molecular complexity index is 1270. The molecule has 3 heterocycles. The molecule has 1 aromatic carbocycles. The number of imidazole rings is 1. The van der Waals surface area contributed by atoms with Gasteiger partial charge in [0, 0.05) is 49.9 Å². The maximum Gasteiger partial charge on any atom is 0.254 e. The van der Waals surface area contributed by atoms with Gasteiger partial charge in [0.25, 0.3) is 5.91 Å². The van der Waals surface area contributed by atoms with E-state index in [-0.39, 0.29) is 11.9 Å². The summed E-state index contributed by atoms with van der Waals surface area (Å²) < 4.78 is 7.73. The van der Waals surface area contributed by atoms with Gasteiger partial charge >= 0.3 is 0 Å². The van der Waals surface area contributed by atoms with E-state index in [1.165, 1.54) is 11.8 Å². The molecule has 0 radical (unpaired) electrons. The van der Waals surface area contributed by atoms with Gasteiger partial charge in [-0.05, 0) is 64.0 Å². The Hall–Kier alpha value is -3.70. The average Bonchev–Trinajstić information content (AvgIpc) is 3.23. The highest BCUT2D eigenvalue weighted by Gasteiger charge is 2.31. The number of amides is 1. The standard InChI is InChI=1S/C27H32N6O2/c1-6-35-26-13-25(30-15-22(26)14-28)18(2)33-9-7-23-21(17-31(4)5)11-20(12-24(23)27(33)34)16-32-10-8-29-19(32)3/h8,10-13,15,18H,6-7,9,16-17H2,1-5H3/t18-/m0/s1. The molecule has 1 aliphatic rings. The van der Waals surface area contributed by atoms with Crippen molar-refractivity contribution in [1.82, 2.24) is 24.3 Å². The second kappa shape index (κ2) is 10.3. The molecule has 0 unspecified atom stereocenters. The van der Waals surface area contributed by atoms with E-state index in [0.29, 0.717) is 36.7 Å². The molecule has 3 aromatic rings. The van der Waals surface area contributed by atoms with Crippen LogP contribution in [0.5, 0.6) is 5.75 Å². The van der Waals surface area contributed by atoms with Gasteiger partial charge in [-0.3, -0.25) is 9.78 Å². The Morgan fingerprint density at radius 3 is 2.71 bits per heavy atom. The van der Waals surface area contributed by atoms with E-state index in [2.05, 4.69) is 31.6 Å². The maximum atomic E-state index is 13.8. The van der Waals surface area contributed by atoms with E-state index in [9.17, 15) is 10.1 Å². The zero-order valence-corrected chi connectivity index (χ0v) is 21.1. The minimum absolute atomic E-state index is 0.00655. The first-order valence-electron chi connectivity index (χ1n) is 11.9. The van der Waals surface area contributed by atoms with Crippen LogP contribution in [0.1, 0.15) is 64.0 Å². The molecule has 4 rings (SSSR count). The molecule has 0 aliphatic carbocycles. The highest BCUT2D eigenvalue weighted by atomic mass is 16.5. The van der Waals surface area contributed by atoms with Gasteiger partial charge in [0.1, 0.15) is 23.2 Å². The molecule has 0 saturated heterocycles. The smallest absolute Gasteiger partial charge is 0.254 e. The second-order valence-electron chi connectivity index (χ2n) is 9.20. The van der Waals surface area contributed by atoms with Gasteiger partial charge in [-0.15, -0.1) is 0 Å². The van der Waals surface area contributed by atoms with Crippen molar-refractivity contribution in [3.05, 3.63) is 76.1 Å². The highest BCUT2D eigenvalue weighted by molar-refractivity contribution is 5.97. The number of aryl methyl sites for hydroxylation is 1. The predicted octanol–water partition coefficient (Wildman–Crippen LogP) is 3.73. The summed E-state index contributed by atoms with van der Waals surface area (Å²) in [5.41, 5.74) is 5.26. The summed E-state index contributed by atoms with van der Waals surface area (Å²) in [5, 5.41) is 9.35. The maximum absolute atomic E-state index is 13.8. The van der Waals surface area contributed by atoms with Gasteiger partial charge in [-0.1, -0.05) is 6.07 Å². The number of aromatic nitrogens is 3. The van der Waals surface area contributed by atoms with Gasteiger partial charge in [0.15, 0.2) is 0 Å². The largest absolute Gasteiger partial charge is 0.492 e. The number of ether oxygens (including phenoxy) is 1. The van der Waals surface area contributed by atoms with E-state index < -0.39 is 0 Å². The number of hydrogen-bond donors (Lipinski definition) is 0. The first-order valence-corrected chi connectivity index (χ1v) is 11.9. The molecule has 35 heavy (non-hydrogen) atoms. The number of benzene rings is 1. The summed E-state index contributed by atoms with van der Waals surface area (Å²) in [4.78, 5) is 26.6. The number of pyridine rings is 1. The lowest BCUT2D eigenvalue weighted by molar-refractivity contribution is 0.0668. The molecule has 182 valence electrons. The van der Waals surface area contributed by atoms with Crippen LogP contribution in [0.3, 0.4) is 0 Å². The average molecular weight is 473 g/mol.